The Balaban J connectivity index is 1.67. The minimum absolute atomic E-state index is 0.108. The Bertz CT molecular complexity index is 698. The lowest BCUT2D eigenvalue weighted by Crippen LogP contribution is -2.40. The molecule has 1 aromatic heterocycles. The highest BCUT2D eigenvalue weighted by Gasteiger charge is 2.21. The molecule has 1 aliphatic rings. The van der Waals surface area contributed by atoms with Crippen molar-refractivity contribution in [1.82, 2.24) is 15.3 Å². The third-order valence-electron chi connectivity index (χ3n) is 4.31. The van der Waals surface area contributed by atoms with Crippen LogP contribution in [0.25, 0.3) is 11.0 Å². The van der Waals surface area contributed by atoms with E-state index in [1.165, 1.54) is 31.0 Å². The van der Waals surface area contributed by atoms with E-state index < -0.39 is 0 Å². The molecular formula is C18H23N3OS. The number of aromatic nitrogens is 2. The van der Waals surface area contributed by atoms with Gasteiger partial charge in [0, 0.05) is 6.04 Å². The quantitative estimate of drug-likeness (QED) is 0.865. The van der Waals surface area contributed by atoms with E-state index in [0.717, 1.165) is 34.6 Å². The predicted molar refractivity (Wildman–Crippen MR) is 94.6 cm³/mol. The summed E-state index contributed by atoms with van der Waals surface area (Å²) in [5.41, 5.74) is 2.65. The van der Waals surface area contributed by atoms with Gasteiger partial charge in [-0.1, -0.05) is 43.2 Å². The Hall–Kier alpha value is -1.62. The Morgan fingerprint density at radius 1 is 1.17 bits per heavy atom. The summed E-state index contributed by atoms with van der Waals surface area (Å²) in [6.45, 7) is 3.90. The van der Waals surface area contributed by atoms with Crippen LogP contribution in [-0.2, 0) is 4.79 Å². The fourth-order valence-corrected chi connectivity index (χ4v) is 3.85. The Labute approximate surface area is 141 Å². The van der Waals surface area contributed by atoms with Gasteiger partial charge in [0.2, 0.25) is 5.91 Å². The Kier molecular flexibility index (Phi) is 5.16. The van der Waals surface area contributed by atoms with E-state index in [2.05, 4.69) is 15.3 Å². The van der Waals surface area contributed by atoms with E-state index in [9.17, 15) is 4.79 Å². The molecule has 0 aliphatic heterocycles. The monoisotopic (exact) mass is 329 g/mol. The molecular weight excluding hydrogens is 306 g/mol. The van der Waals surface area contributed by atoms with Crippen molar-refractivity contribution in [2.24, 2.45) is 0 Å². The Morgan fingerprint density at radius 3 is 2.52 bits per heavy atom. The number of carbonyl (C=O) groups excluding carboxylic acids is 1. The first-order valence-corrected chi connectivity index (χ1v) is 9.22. The van der Waals surface area contributed by atoms with Gasteiger partial charge in [-0.3, -0.25) is 4.79 Å². The molecule has 23 heavy (non-hydrogen) atoms. The minimum Gasteiger partial charge on any atom is -0.352 e. The van der Waals surface area contributed by atoms with E-state index in [-0.39, 0.29) is 11.2 Å². The summed E-state index contributed by atoms with van der Waals surface area (Å²) in [7, 11) is 0. The largest absolute Gasteiger partial charge is 0.352 e. The number of para-hydroxylation sites is 2. The molecule has 5 heteroatoms. The topological polar surface area (TPSA) is 54.9 Å². The average molecular weight is 329 g/mol. The lowest BCUT2D eigenvalue weighted by molar-refractivity contribution is -0.121. The number of rotatable bonds is 4. The van der Waals surface area contributed by atoms with Crippen LogP contribution < -0.4 is 5.32 Å². The van der Waals surface area contributed by atoms with Gasteiger partial charge in [-0.15, -0.1) is 0 Å². The van der Waals surface area contributed by atoms with Crippen molar-refractivity contribution in [3.8, 4) is 0 Å². The molecule has 1 fully saturated rings. The smallest absolute Gasteiger partial charge is 0.233 e. The summed E-state index contributed by atoms with van der Waals surface area (Å²) in [5.74, 6) is 0.108. The summed E-state index contributed by atoms with van der Waals surface area (Å²) in [6.07, 6.45) is 5.96. The summed E-state index contributed by atoms with van der Waals surface area (Å²) >= 11 is 1.50. The van der Waals surface area contributed by atoms with Crippen molar-refractivity contribution < 1.29 is 4.79 Å². The van der Waals surface area contributed by atoms with Crippen LogP contribution in [0, 0.1) is 6.92 Å². The van der Waals surface area contributed by atoms with Crippen LogP contribution >= 0.6 is 11.8 Å². The summed E-state index contributed by atoms with van der Waals surface area (Å²) in [4.78, 5) is 21.7. The zero-order valence-electron chi connectivity index (χ0n) is 13.7. The number of hydrogen-bond acceptors (Lipinski definition) is 4. The number of carbonyl (C=O) groups is 1. The first kappa shape index (κ1) is 16.2. The molecule has 1 heterocycles. The molecule has 1 saturated carbocycles. The van der Waals surface area contributed by atoms with Gasteiger partial charge in [-0.05, 0) is 38.8 Å². The van der Waals surface area contributed by atoms with Gasteiger partial charge in [-0.2, -0.15) is 0 Å². The molecule has 3 rings (SSSR count). The highest BCUT2D eigenvalue weighted by atomic mass is 32.2. The summed E-state index contributed by atoms with van der Waals surface area (Å²) < 4.78 is 0. The first-order valence-electron chi connectivity index (χ1n) is 8.34. The number of amides is 1. The predicted octanol–water partition coefficient (Wildman–Crippen LogP) is 3.87. The number of hydrogen-bond donors (Lipinski definition) is 1. The van der Waals surface area contributed by atoms with Crippen molar-refractivity contribution in [2.75, 3.05) is 0 Å². The molecule has 1 aliphatic carbocycles. The average Bonchev–Trinajstić information content (AvgIpc) is 2.56. The molecule has 1 N–H and O–H groups in total. The zero-order valence-corrected chi connectivity index (χ0v) is 14.5. The van der Waals surface area contributed by atoms with Gasteiger partial charge in [-0.25, -0.2) is 9.97 Å². The van der Waals surface area contributed by atoms with E-state index in [4.69, 9.17) is 0 Å². The van der Waals surface area contributed by atoms with Crippen LogP contribution in [0.2, 0.25) is 0 Å². The SMILES string of the molecule is Cc1nc2ccccc2nc1SC(C)C(=O)NC1CCCCC1. The molecule has 0 radical (unpaired) electrons. The summed E-state index contributed by atoms with van der Waals surface area (Å²) in [6, 6.07) is 8.19. The number of nitrogens with one attached hydrogen (secondary N) is 1. The molecule has 4 nitrogen and oxygen atoms in total. The van der Waals surface area contributed by atoms with Gasteiger partial charge in [0.15, 0.2) is 0 Å². The number of nitrogens with zero attached hydrogens (tertiary/aromatic N) is 2. The van der Waals surface area contributed by atoms with Crippen molar-refractivity contribution in [2.45, 2.75) is 62.3 Å². The van der Waals surface area contributed by atoms with Gasteiger partial charge in [0.25, 0.3) is 0 Å². The maximum atomic E-state index is 12.4. The zero-order chi connectivity index (χ0) is 16.2. The van der Waals surface area contributed by atoms with E-state index in [1.54, 1.807) is 0 Å². The van der Waals surface area contributed by atoms with Crippen LogP contribution in [0.4, 0.5) is 0 Å². The molecule has 0 spiro atoms. The van der Waals surface area contributed by atoms with Crippen LogP contribution in [0.3, 0.4) is 0 Å². The van der Waals surface area contributed by atoms with E-state index in [1.807, 2.05) is 38.1 Å². The highest BCUT2D eigenvalue weighted by molar-refractivity contribution is 8.00. The minimum atomic E-state index is -0.161. The van der Waals surface area contributed by atoms with Crippen LogP contribution in [0.1, 0.15) is 44.7 Å². The normalized spacial score (nSPS) is 17.1. The third-order valence-corrected chi connectivity index (χ3v) is 5.49. The Morgan fingerprint density at radius 2 is 1.83 bits per heavy atom. The lowest BCUT2D eigenvalue weighted by atomic mass is 9.95. The second-order valence-electron chi connectivity index (χ2n) is 6.21. The van der Waals surface area contributed by atoms with E-state index >= 15 is 0 Å². The lowest BCUT2D eigenvalue weighted by Gasteiger charge is -2.24. The molecule has 0 saturated heterocycles. The van der Waals surface area contributed by atoms with E-state index in [0.29, 0.717) is 6.04 Å². The number of thioether (sulfide) groups is 1. The van der Waals surface area contributed by atoms with Crippen molar-refractivity contribution >= 4 is 28.7 Å². The number of fused-ring (bicyclic) bond motifs is 1. The van der Waals surface area contributed by atoms with Crippen LogP contribution in [0.5, 0.6) is 0 Å². The van der Waals surface area contributed by atoms with Gasteiger partial charge < -0.3 is 5.32 Å². The van der Waals surface area contributed by atoms with Crippen molar-refractivity contribution in [3.05, 3.63) is 30.0 Å². The van der Waals surface area contributed by atoms with Crippen molar-refractivity contribution in [1.29, 1.82) is 0 Å². The molecule has 1 amide bonds. The molecule has 1 aromatic carbocycles. The maximum absolute atomic E-state index is 12.4. The number of benzene rings is 1. The standard InChI is InChI=1S/C18H23N3OS/c1-12-18(21-16-11-7-6-10-15(16)19-12)23-13(2)17(22)20-14-8-4-3-5-9-14/h6-7,10-11,13-14H,3-5,8-9H2,1-2H3,(H,20,22). The first-order chi connectivity index (χ1) is 11.1. The fraction of sp³-hybridized carbons (Fsp3) is 0.500. The van der Waals surface area contributed by atoms with Crippen LogP contribution in [0.15, 0.2) is 29.3 Å². The molecule has 1 unspecified atom stereocenters. The molecule has 2 aromatic rings. The molecule has 1 atom stereocenters. The molecule has 0 bridgehead atoms. The second-order valence-corrected chi connectivity index (χ2v) is 7.54. The van der Waals surface area contributed by atoms with Gasteiger partial charge in [0.1, 0.15) is 5.03 Å². The maximum Gasteiger partial charge on any atom is 0.233 e. The summed E-state index contributed by atoms with van der Waals surface area (Å²) in [5, 5.41) is 3.87. The van der Waals surface area contributed by atoms with Gasteiger partial charge >= 0.3 is 0 Å². The van der Waals surface area contributed by atoms with Crippen LogP contribution in [-0.4, -0.2) is 27.2 Å². The third kappa shape index (κ3) is 4.02. The second kappa shape index (κ2) is 7.30. The fourth-order valence-electron chi connectivity index (χ4n) is 2.97. The van der Waals surface area contributed by atoms with Crippen molar-refractivity contribution in [3.63, 3.8) is 0 Å². The molecule has 122 valence electrons. The highest BCUT2D eigenvalue weighted by Crippen LogP contribution is 2.26. The number of aryl methyl sites for hydroxylation is 1. The van der Waals surface area contributed by atoms with Gasteiger partial charge in [0.05, 0.1) is 22.0 Å².